The molecule has 6 nitrogen and oxygen atoms in total. The van der Waals surface area contributed by atoms with Crippen LogP contribution in [0.15, 0.2) is 65.8 Å². The number of hydrogen-bond donors (Lipinski definition) is 2. The van der Waals surface area contributed by atoms with Crippen molar-refractivity contribution in [3.05, 3.63) is 105 Å². The SMILES string of the molecule is CON=C(N)c1ccc(CNC(=O)c2ccc3c(c2)[C@@H]2O[C@H]3c3ccc(C4CC4)cc32)cc1. The van der Waals surface area contributed by atoms with Gasteiger partial charge in [0, 0.05) is 17.7 Å². The smallest absolute Gasteiger partial charge is 0.251 e. The highest BCUT2D eigenvalue weighted by molar-refractivity contribution is 5.97. The van der Waals surface area contributed by atoms with Crippen LogP contribution >= 0.6 is 0 Å². The van der Waals surface area contributed by atoms with Gasteiger partial charge in [0.1, 0.15) is 19.3 Å². The van der Waals surface area contributed by atoms with Crippen molar-refractivity contribution >= 4 is 11.7 Å². The predicted octanol–water partition coefficient (Wildman–Crippen LogP) is 4.28. The van der Waals surface area contributed by atoms with Gasteiger partial charge in [-0.2, -0.15) is 0 Å². The monoisotopic (exact) mass is 439 g/mol. The van der Waals surface area contributed by atoms with Crippen LogP contribution in [-0.4, -0.2) is 18.9 Å². The number of nitrogens with two attached hydrogens (primary N) is 1. The summed E-state index contributed by atoms with van der Waals surface area (Å²) in [6.45, 7) is 0.424. The number of carbonyl (C=O) groups excluding carboxylic acids is 1. The van der Waals surface area contributed by atoms with Crippen molar-refractivity contribution in [3.63, 3.8) is 0 Å². The van der Waals surface area contributed by atoms with E-state index in [1.165, 1.54) is 42.2 Å². The Morgan fingerprint density at radius 3 is 2.36 bits per heavy atom. The molecule has 0 radical (unpaired) electrons. The van der Waals surface area contributed by atoms with Crippen LogP contribution in [0.4, 0.5) is 0 Å². The van der Waals surface area contributed by atoms with Gasteiger partial charge < -0.3 is 20.6 Å². The highest BCUT2D eigenvalue weighted by Crippen LogP contribution is 2.55. The van der Waals surface area contributed by atoms with Crippen LogP contribution in [0.3, 0.4) is 0 Å². The molecule has 3 N–H and O–H groups in total. The Hall–Kier alpha value is -3.64. The third kappa shape index (κ3) is 3.47. The van der Waals surface area contributed by atoms with Gasteiger partial charge in [-0.15, -0.1) is 0 Å². The molecule has 3 aromatic carbocycles. The van der Waals surface area contributed by atoms with E-state index in [0.29, 0.717) is 23.9 Å². The summed E-state index contributed by atoms with van der Waals surface area (Å²) in [5.41, 5.74) is 14.5. The number of hydrogen-bond acceptors (Lipinski definition) is 4. The van der Waals surface area contributed by atoms with Gasteiger partial charge in [-0.05, 0) is 64.3 Å². The maximum atomic E-state index is 12.9. The topological polar surface area (TPSA) is 85.9 Å². The third-order valence-corrected chi connectivity index (χ3v) is 6.80. The maximum absolute atomic E-state index is 12.9. The summed E-state index contributed by atoms with van der Waals surface area (Å²) in [5.74, 6) is 0.925. The number of benzene rings is 3. The number of nitrogens with one attached hydrogen (secondary N) is 1. The normalized spacial score (nSPS) is 20.3. The Labute approximate surface area is 192 Å². The van der Waals surface area contributed by atoms with Gasteiger partial charge in [-0.1, -0.05) is 53.7 Å². The Morgan fingerprint density at radius 2 is 1.64 bits per heavy atom. The van der Waals surface area contributed by atoms with Crippen molar-refractivity contribution < 1.29 is 14.4 Å². The molecule has 1 fully saturated rings. The second-order valence-electron chi connectivity index (χ2n) is 8.94. The highest BCUT2D eigenvalue weighted by atomic mass is 16.6. The molecule has 166 valence electrons. The van der Waals surface area contributed by atoms with E-state index >= 15 is 0 Å². The molecule has 2 heterocycles. The molecule has 2 aliphatic heterocycles. The fourth-order valence-corrected chi connectivity index (χ4v) is 4.90. The fourth-order valence-electron chi connectivity index (χ4n) is 4.90. The van der Waals surface area contributed by atoms with E-state index in [1.807, 2.05) is 42.5 Å². The molecule has 0 unspecified atom stereocenters. The van der Waals surface area contributed by atoms with Gasteiger partial charge in [0.15, 0.2) is 5.84 Å². The van der Waals surface area contributed by atoms with Crippen LogP contribution in [0, 0.1) is 0 Å². The minimum absolute atomic E-state index is 0.0158. The minimum atomic E-state index is -0.0999. The molecule has 0 spiro atoms. The first-order valence-electron chi connectivity index (χ1n) is 11.3. The lowest BCUT2D eigenvalue weighted by atomic mass is 9.84. The number of rotatable bonds is 6. The Bertz CT molecular complexity index is 1280. The van der Waals surface area contributed by atoms with Gasteiger partial charge in [0.05, 0.1) is 0 Å². The van der Waals surface area contributed by atoms with Gasteiger partial charge in [-0.25, -0.2) is 0 Å². The van der Waals surface area contributed by atoms with Gasteiger partial charge in [-0.3, -0.25) is 4.79 Å². The average molecular weight is 440 g/mol. The zero-order chi connectivity index (χ0) is 22.5. The second-order valence-corrected chi connectivity index (χ2v) is 8.94. The van der Waals surface area contributed by atoms with Crippen molar-refractivity contribution in [3.8, 4) is 0 Å². The first-order chi connectivity index (χ1) is 16.1. The molecule has 0 aromatic heterocycles. The summed E-state index contributed by atoms with van der Waals surface area (Å²) >= 11 is 0. The van der Waals surface area contributed by atoms with E-state index in [2.05, 4.69) is 28.7 Å². The van der Waals surface area contributed by atoms with Crippen molar-refractivity contribution in [1.82, 2.24) is 5.32 Å². The van der Waals surface area contributed by atoms with E-state index in [1.54, 1.807) is 0 Å². The molecule has 6 heteroatoms. The maximum Gasteiger partial charge on any atom is 0.251 e. The number of ether oxygens (including phenoxy) is 1. The predicted molar refractivity (Wildman–Crippen MR) is 125 cm³/mol. The van der Waals surface area contributed by atoms with E-state index < -0.39 is 0 Å². The van der Waals surface area contributed by atoms with Crippen LogP contribution in [0.2, 0.25) is 0 Å². The van der Waals surface area contributed by atoms with Crippen molar-refractivity contribution in [2.75, 3.05) is 7.11 Å². The standard InChI is InChI=1S/C27H25N3O3/c1-32-30-26(28)17-4-2-15(3-5-17)14-29-27(31)19-9-11-21-23(13-19)25-22-12-18(16-6-7-16)8-10-20(22)24(21)33-25/h2-5,8-13,16,24-25H,6-7,14H2,1H3,(H2,28,30)(H,29,31)/t24-,25+/m0/s1. The lowest BCUT2D eigenvalue weighted by Gasteiger charge is -2.17. The Morgan fingerprint density at radius 1 is 0.970 bits per heavy atom. The quantitative estimate of drug-likeness (QED) is 0.341. The molecular formula is C27H25N3O3. The summed E-state index contributed by atoms with van der Waals surface area (Å²) in [6.07, 6.45) is 2.48. The first-order valence-corrected chi connectivity index (χ1v) is 11.3. The lowest BCUT2D eigenvalue weighted by Crippen LogP contribution is -2.23. The molecule has 2 atom stereocenters. The zero-order valence-electron chi connectivity index (χ0n) is 18.4. The Balaban J connectivity index is 1.17. The minimum Gasteiger partial charge on any atom is -0.397 e. The molecule has 33 heavy (non-hydrogen) atoms. The largest absolute Gasteiger partial charge is 0.397 e. The summed E-state index contributed by atoms with van der Waals surface area (Å²) < 4.78 is 6.32. The van der Waals surface area contributed by atoms with Crippen LogP contribution in [-0.2, 0) is 16.1 Å². The number of amidine groups is 1. The summed E-state index contributed by atoms with van der Waals surface area (Å²) in [4.78, 5) is 17.6. The molecule has 0 saturated heterocycles. The van der Waals surface area contributed by atoms with Crippen LogP contribution in [0.5, 0.6) is 0 Å². The average Bonchev–Trinajstić information content (AvgIpc) is 3.55. The number of oxime groups is 1. The van der Waals surface area contributed by atoms with Crippen LogP contribution < -0.4 is 11.1 Å². The van der Waals surface area contributed by atoms with Crippen molar-refractivity contribution in [1.29, 1.82) is 0 Å². The van der Waals surface area contributed by atoms with E-state index in [0.717, 1.165) is 16.7 Å². The molecule has 1 aliphatic carbocycles. The van der Waals surface area contributed by atoms with Gasteiger partial charge in [0.2, 0.25) is 0 Å². The fraction of sp³-hybridized carbons (Fsp3) is 0.259. The summed E-state index contributed by atoms with van der Waals surface area (Å²) in [6, 6.07) is 20.3. The highest BCUT2D eigenvalue weighted by Gasteiger charge is 2.43. The lowest BCUT2D eigenvalue weighted by molar-refractivity contribution is 0.0857. The summed E-state index contributed by atoms with van der Waals surface area (Å²) in [7, 11) is 1.46. The van der Waals surface area contributed by atoms with Crippen LogP contribution in [0.25, 0.3) is 0 Å². The molecule has 6 rings (SSSR count). The number of fused-ring (bicyclic) bond motifs is 8. The summed E-state index contributed by atoms with van der Waals surface area (Å²) in [5, 5.41) is 6.74. The molecular weight excluding hydrogens is 414 g/mol. The molecule has 1 saturated carbocycles. The van der Waals surface area contributed by atoms with Crippen molar-refractivity contribution in [2.24, 2.45) is 10.9 Å². The van der Waals surface area contributed by atoms with E-state index in [9.17, 15) is 4.79 Å². The van der Waals surface area contributed by atoms with Crippen LogP contribution in [0.1, 0.15) is 80.3 Å². The third-order valence-electron chi connectivity index (χ3n) is 6.80. The molecule has 2 bridgehead atoms. The number of amides is 1. The zero-order valence-corrected chi connectivity index (χ0v) is 18.4. The Kier molecular flexibility index (Phi) is 4.69. The molecule has 3 aliphatic rings. The molecule has 1 amide bonds. The molecule has 3 aromatic rings. The van der Waals surface area contributed by atoms with E-state index in [4.69, 9.17) is 15.3 Å². The number of nitrogens with zero attached hydrogens (tertiary/aromatic N) is 1. The second kappa shape index (κ2) is 7.74. The van der Waals surface area contributed by atoms with Crippen molar-refractivity contribution in [2.45, 2.75) is 37.5 Å². The first kappa shape index (κ1) is 20.0. The van der Waals surface area contributed by atoms with Gasteiger partial charge in [0.25, 0.3) is 5.91 Å². The number of carbonyl (C=O) groups is 1. The van der Waals surface area contributed by atoms with Gasteiger partial charge >= 0.3 is 0 Å². The van der Waals surface area contributed by atoms with E-state index in [-0.39, 0.29) is 18.1 Å².